The molecule has 0 bridgehead atoms. The van der Waals surface area contributed by atoms with Crippen molar-refractivity contribution in [2.45, 2.75) is 6.54 Å². The van der Waals surface area contributed by atoms with Crippen molar-refractivity contribution in [1.82, 2.24) is 9.55 Å². The Morgan fingerprint density at radius 3 is 2.85 bits per heavy atom. The number of H-pyrrole nitrogens is 1. The highest BCUT2D eigenvalue weighted by Gasteiger charge is 2.01. The maximum atomic E-state index is 11.0. The van der Waals surface area contributed by atoms with Crippen molar-refractivity contribution in [3.63, 3.8) is 0 Å². The molecule has 0 radical (unpaired) electrons. The van der Waals surface area contributed by atoms with Crippen LogP contribution in [0.5, 0.6) is 0 Å². The maximum absolute atomic E-state index is 11.0. The zero-order valence-electron chi connectivity index (χ0n) is 6.78. The van der Waals surface area contributed by atoms with Crippen LogP contribution < -0.4 is 17.0 Å². The van der Waals surface area contributed by atoms with E-state index >= 15 is 0 Å². The molecule has 0 atom stereocenters. The predicted molar refractivity (Wildman–Crippen MR) is 45.1 cm³/mol. The second kappa shape index (κ2) is 3.69. The molecule has 0 amide bonds. The van der Waals surface area contributed by atoms with Crippen molar-refractivity contribution < 1.29 is 0 Å². The molecule has 0 aliphatic heterocycles. The highest BCUT2D eigenvalue weighted by Crippen LogP contribution is 1.83. The molecule has 13 heavy (non-hydrogen) atoms. The number of aromatic nitrogens is 2. The molecule has 0 fully saturated rings. The summed E-state index contributed by atoms with van der Waals surface area (Å²) in [7, 11) is 0. The van der Waals surface area contributed by atoms with E-state index in [-0.39, 0.29) is 18.7 Å². The second-order valence-corrected chi connectivity index (χ2v) is 2.40. The van der Waals surface area contributed by atoms with Gasteiger partial charge in [-0.05, 0) is 0 Å². The Morgan fingerprint density at radius 1 is 1.62 bits per heavy atom. The van der Waals surface area contributed by atoms with Crippen molar-refractivity contribution in [3.05, 3.63) is 32.6 Å². The first kappa shape index (κ1) is 9.22. The van der Waals surface area contributed by atoms with E-state index in [1.54, 1.807) is 6.07 Å². The summed E-state index contributed by atoms with van der Waals surface area (Å²) in [6.07, 6.45) is 1.20. The molecule has 3 N–H and O–H groups in total. The van der Waals surface area contributed by atoms with Gasteiger partial charge in [0, 0.05) is 19.3 Å². The van der Waals surface area contributed by atoms with Gasteiger partial charge in [-0.3, -0.25) is 14.3 Å². The monoisotopic (exact) mass is 180 g/mol. The van der Waals surface area contributed by atoms with Gasteiger partial charge in [-0.25, -0.2) is 4.79 Å². The lowest BCUT2D eigenvalue weighted by atomic mass is 10.4. The van der Waals surface area contributed by atoms with Crippen LogP contribution in [0.15, 0.2) is 15.8 Å². The zero-order chi connectivity index (χ0) is 9.84. The molecule has 1 rings (SSSR count). The van der Waals surface area contributed by atoms with Crippen molar-refractivity contribution in [3.8, 4) is 6.07 Å². The van der Waals surface area contributed by atoms with Crippen molar-refractivity contribution >= 4 is 0 Å². The fourth-order valence-electron chi connectivity index (χ4n) is 0.894. The highest BCUT2D eigenvalue weighted by molar-refractivity contribution is 5.21. The summed E-state index contributed by atoms with van der Waals surface area (Å²) in [5, 5.41) is 8.49. The number of hydrogen-bond donors (Lipinski definition) is 2. The molecule has 0 saturated carbocycles. The van der Waals surface area contributed by atoms with Gasteiger partial charge >= 0.3 is 5.69 Å². The van der Waals surface area contributed by atoms with Gasteiger partial charge < -0.3 is 5.73 Å². The number of aromatic amines is 1. The molecule has 0 aliphatic rings. The quantitative estimate of drug-likeness (QED) is 0.569. The van der Waals surface area contributed by atoms with Gasteiger partial charge in [0.25, 0.3) is 5.56 Å². The van der Waals surface area contributed by atoms with Crippen molar-refractivity contribution in [1.29, 1.82) is 5.26 Å². The lowest BCUT2D eigenvalue weighted by molar-refractivity contribution is 0.653. The average molecular weight is 180 g/mol. The summed E-state index contributed by atoms with van der Waals surface area (Å²) >= 11 is 0. The zero-order valence-corrected chi connectivity index (χ0v) is 6.78. The highest BCUT2D eigenvalue weighted by atomic mass is 16.2. The third kappa shape index (κ3) is 1.83. The molecule has 6 nitrogen and oxygen atoms in total. The Hall–Kier alpha value is -1.87. The molecule has 1 heterocycles. The van der Waals surface area contributed by atoms with Crippen LogP contribution in [0.1, 0.15) is 5.56 Å². The fourth-order valence-corrected chi connectivity index (χ4v) is 0.894. The lowest BCUT2D eigenvalue weighted by Gasteiger charge is -2.01. The van der Waals surface area contributed by atoms with Gasteiger partial charge in [-0.2, -0.15) is 5.26 Å². The van der Waals surface area contributed by atoms with Gasteiger partial charge in [-0.1, -0.05) is 0 Å². The van der Waals surface area contributed by atoms with E-state index in [4.69, 9.17) is 11.0 Å². The van der Waals surface area contributed by atoms with Gasteiger partial charge in [0.15, 0.2) is 0 Å². The number of nitrogens with one attached hydrogen (secondary N) is 1. The minimum absolute atomic E-state index is 0.0898. The summed E-state index contributed by atoms with van der Waals surface area (Å²) in [5.41, 5.74) is 3.92. The van der Waals surface area contributed by atoms with Crippen LogP contribution in [0, 0.1) is 11.3 Å². The first-order chi connectivity index (χ1) is 6.19. The summed E-state index contributed by atoms with van der Waals surface area (Å²) < 4.78 is 1.19. The van der Waals surface area contributed by atoms with E-state index in [1.165, 1.54) is 10.8 Å². The molecular formula is C7H8N4O2. The summed E-state index contributed by atoms with van der Waals surface area (Å²) in [6.45, 7) is 0.557. The van der Waals surface area contributed by atoms with Crippen LogP contribution in [0.4, 0.5) is 0 Å². The maximum Gasteiger partial charge on any atom is 0.328 e. The van der Waals surface area contributed by atoms with Crippen LogP contribution >= 0.6 is 0 Å². The van der Waals surface area contributed by atoms with Gasteiger partial charge in [0.05, 0.1) is 0 Å². The Kier molecular flexibility index (Phi) is 2.62. The fraction of sp³-hybridized carbons (Fsp3) is 0.286. The summed E-state index contributed by atoms with van der Waals surface area (Å²) in [4.78, 5) is 24.0. The Bertz CT molecular complexity index is 451. The van der Waals surface area contributed by atoms with Gasteiger partial charge in [0.2, 0.25) is 0 Å². The van der Waals surface area contributed by atoms with Gasteiger partial charge in [0.1, 0.15) is 11.6 Å². The van der Waals surface area contributed by atoms with E-state index < -0.39 is 11.2 Å². The number of nitriles is 1. The molecule has 6 heteroatoms. The third-order valence-electron chi connectivity index (χ3n) is 1.50. The van der Waals surface area contributed by atoms with Crippen LogP contribution in [0.2, 0.25) is 0 Å². The molecule has 0 aliphatic carbocycles. The summed E-state index contributed by atoms with van der Waals surface area (Å²) in [5.74, 6) is 0. The van der Waals surface area contributed by atoms with Crippen LogP contribution in [-0.4, -0.2) is 16.1 Å². The number of nitrogens with zero attached hydrogens (tertiary/aromatic N) is 2. The predicted octanol–water partition coefficient (Wildman–Crippen LogP) is -1.63. The van der Waals surface area contributed by atoms with E-state index in [1.807, 2.05) is 4.98 Å². The number of rotatable bonds is 2. The first-order valence-corrected chi connectivity index (χ1v) is 3.63. The molecule has 0 aromatic carbocycles. The largest absolute Gasteiger partial charge is 0.329 e. The molecule has 0 spiro atoms. The Labute approximate surface area is 73.2 Å². The third-order valence-corrected chi connectivity index (χ3v) is 1.50. The lowest BCUT2D eigenvalue weighted by Crippen LogP contribution is -2.32. The molecule has 0 saturated heterocycles. The van der Waals surface area contributed by atoms with E-state index in [0.29, 0.717) is 0 Å². The van der Waals surface area contributed by atoms with E-state index in [2.05, 4.69) is 0 Å². The molecule has 1 aromatic rings. The molecule has 0 unspecified atom stereocenters. The topological polar surface area (TPSA) is 105 Å². The first-order valence-electron chi connectivity index (χ1n) is 3.63. The number of hydrogen-bond acceptors (Lipinski definition) is 4. The van der Waals surface area contributed by atoms with Crippen molar-refractivity contribution in [2.75, 3.05) is 6.54 Å². The normalized spacial score (nSPS) is 9.54. The minimum atomic E-state index is -0.666. The standard InChI is InChI=1S/C7H8N4O2/c8-1-2-11-4-5(3-9)6(12)10-7(11)13/h4H,1-2,8H2,(H,10,12,13). The Morgan fingerprint density at radius 2 is 2.31 bits per heavy atom. The van der Waals surface area contributed by atoms with E-state index in [9.17, 15) is 9.59 Å². The SMILES string of the molecule is N#Cc1cn(CCN)c(=O)[nH]c1=O. The molecular weight excluding hydrogens is 172 g/mol. The van der Waals surface area contributed by atoms with Gasteiger partial charge in [-0.15, -0.1) is 0 Å². The van der Waals surface area contributed by atoms with E-state index in [0.717, 1.165) is 0 Å². The van der Waals surface area contributed by atoms with Crippen LogP contribution in [-0.2, 0) is 6.54 Å². The van der Waals surface area contributed by atoms with Crippen molar-refractivity contribution in [2.24, 2.45) is 5.73 Å². The number of nitrogens with two attached hydrogens (primary N) is 1. The van der Waals surface area contributed by atoms with Crippen LogP contribution in [0.25, 0.3) is 0 Å². The smallest absolute Gasteiger partial charge is 0.328 e. The Balaban J connectivity index is 3.33. The van der Waals surface area contributed by atoms with Crippen LogP contribution in [0.3, 0.4) is 0 Å². The minimum Gasteiger partial charge on any atom is -0.329 e. The molecule has 68 valence electrons. The molecule has 1 aromatic heterocycles. The second-order valence-electron chi connectivity index (χ2n) is 2.40. The average Bonchev–Trinajstić information content (AvgIpc) is 2.10. The summed E-state index contributed by atoms with van der Waals surface area (Å²) in [6, 6.07) is 1.68.